The largest absolute Gasteiger partial charge is 0.493 e. The Morgan fingerprint density at radius 3 is 1.84 bits per heavy atom. The summed E-state index contributed by atoms with van der Waals surface area (Å²) in [7, 11) is 4.70. The van der Waals surface area contributed by atoms with Crippen LogP contribution >= 0.6 is 0 Å². The van der Waals surface area contributed by atoms with E-state index in [9.17, 15) is 4.79 Å². The Labute approximate surface area is 152 Å². The number of aromatic amines is 1. The molecule has 142 valence electrons. The van der Waals surface area contributed by atoms with Crippen LogP contribution < -0.4 is 14.2 Å². The fraction of sp³-hybridized carbons (Fsp3) is 0.450. The number of methoxy groups -OCH3 is 3. The average molecular weight is 351 g/mol. The van der Waals surface area contributed by atoms with Crippen LogP contribution in [0.15, 0.2) is 18.2 Å². The highest BCUT2D eigenvalue weighted by Crippen LogP contribution is 2.43. The van der Waals surface area contributed by atoms with Gasteiger partial charge in [0, 0.05) is 11.1 Å². The van der Waals surface area contributed by atoms with Crippen LogP contribution in [0, 0.1) is 0 Å². The van der Waals surface area contributed by atoms with Gasteiger partial charge in [0.15, 0.2) is 11.5 Å². The quantitative estimate of drug-likeness (QED) is 0.572. The lowest BCUT2D eigenvalue weighted by molar-refractivity contribution is -0.104. The van der Waals surface area contributed by atoms with Gasteiger partial charge in [0.05, 0.1) is 26.8 Å². The van der Waals surface area contributed by atoms with Crippen molar-refractivity contribution in [3.8, 4) is 17.2 Å². The minimum absolute atomic E-state index is 0.533. The van der Waals surface area contributed by atoms with Crippen LogP contribution in [0.25, 0.3) is 17.0 Å². The van der Waals surface area contributed by atoms with E-state index in [0.29, 0.717) is 17.2 Å². The van der Waals surface area contributed by atoms with Crippen molar-refractivity contribution in [2.24, 2.45) is 0 Å². The van der Waals surface area contributed by atoms with E-state index >= 15 is 0 Å². The van der Waals surface area contributed by atoms with Crippen molar-refractivity contribution in [3.63, 3.8) is 0 Å². The number of H-pyrrole nitrogens is 1. The number of hydrogen-bond donors (Lipinski definition) is 1. The molecular weight excluding hydrogens is 318 g/mol. The van der Waals surface area contributed by atoms with Gasteiger partial charge in [0.2, 0.25) is 5.75 Å². The number of aromatic nitrogens is 1. The number of fused-ring (bicyclic) bond motifs is 1. The summed E-state index contributed by atoms with van der Waals surface area (Å²) in [5.74, 6) is 1.70. The van der Waals surface area contributed by atoms with Crippen LogP contribution in [-0.4, -0.2) is 32.6 Å². The molecule has 25 heavy (non-hydrogen) atoms. The van der Waals surface area contributed by atoms with E-state index in [4.69, 9.17) is 14.2 Å². The lowest BCUT2D eigenvalue weighted by Crippen LogP contribution is -1.95. The molecule has 0 amide bonds. The monoisotopic (exact) mass is 351 g/mol. The van der Waals surface area contributed by atoms with E-state index in [1.165, 1.54) is 6.08 Å². The summed E-state index contributed by atoms with van der Waals surface area (Å²) in [5, 5.41) is 0.917. The SMILES string of the molecule is CC.CC.CC.COc1cc2cc(/C=C/C=O)[nH]c2c(OC)c1OC. The maximum Gasteiger partial charge on any atom is 0.205 e. The molecule has 0 aliphatic rings. The fourth-order valence-electron chi connectivity index (χ4n) is 2.00. The van der Waals surface area contributed by atoms with Crippen molar-refractivity contribution in [3.05, 3.63) is 23.9 Å². The molecule has 1 aromatic carbocycles. The Balaban J connectivity index is 0. The zero-order valence-corrected chi connectivity index (χ0v) is 17.0. The average Bonchev–Trinajstić information content (AvgIpc) is 3.11. The molecule has 0 aliphatic carbocycles. The van der Waals surface area contributed by atoms with Crippen molar-refractivity contribution < 1.29 is 19.0 Å². The van der Waals surface area contributed by atoms with E-state index in [-0.39, 0.29) is 0 Å². The smallest absolute Gasteiger partial charge is 0.205 e. The molecule has 0 radical (unpaired) electrons. The molecule has 1 heterocycles. The van der Waals surface area contributed by atoms with Gasteiger partial charge >= 0.3 is 0 Å². The van der Waals surface area contributed by atoms with E-state index in [0.717, 1.165) is 22.9 Å². The fourth-order valence-corrected chi connectivity index (χ4v) is 2.00. The van der Waals surface area contributed by atoms with E-state index < -0.39 is 0 Å². The van der Waals surface area contributed by atoms with Gasteiger partial charge in [0.1, 0.15) is 6.29 Å². The number of nitrogens with one attached hydrogen (secondary N) is 1. The Bertz CT molecular complexity index is 630. The van der Waals surface area contributed by atoms with Crippen molar-refractivity contribution in [1.82, 2.24) is 4.98 Å². The first-order valence-electron chi connectivity index (χ1n) is 8.68. The van der Waals surface area contributed by atoms with E-state index in [1.807, 2.05) is 53.7 Å². The van der Waals surface area contributed by atoms with Crippen LogP contribution in [0.5, 0.6) is 17.2 Å². The highest BCUT2D eigenvalue weighted by Gasteiger charge is 2.17. The molecule has 2 rings (SSSR count). The number of hydrogen-bond acceptors (Lipinski definition) is 4. The molecule has 5 nitrogen and oxygen atoms in total. The number of aldehydes is 1. The molecule has 0 saturated carbocycles. The number of ether oxygens (including phenoxy) is 3. The summed E-state index contributed by atoms with van der Waals surface area (Å²) in [6.45, 7) is 12.0. The molecule has 1 aromatic heterocycles. The summed E-state index contributed by atoms with van der Waals surface area (Å²) < 4.78 is 16.0. The van der Waals surface area contributed by atoms with Crippen LogP contribution in [0.4, 0.5) is 0 Å². The number of rotatable bonds is 5. The lowest BCUT2D eigenvalue weighted by atomic mass is 10.2. The maximum atomic E-state index is 10.4. The predicted octanol–water partition coefficient (Wildman–Crippen LogP) is 5.48. The summed E-state index contributed by atoms with van der Waals surface area (Å²) in [6.07, 6.45) is 3.83. The summed E-state index contributed by atoms with van der Waals surface area (Å²) in [5.41, 5.74) is 1.60. The molecule has 2 aromatic rings. The highest BCUT2D eigenvalue weighted by atomic mass is 16.5. The van der Waals surface area contributed by atoms with Crippen molar-refractivity contribution in [1.29, 1.82) is 0 Å². The third-order valence-corrected chi connectivity index (χ3v) is 2.80. The van der Waals surface area contributed by atoms with E-state index in [2.05, 4.69) is 4.98 Å². The third kappa shape index (κ3) is 6.53. The first-order valence-corrected chi connectivity index (χ1v) is 8.68. The molecule has 0 bridgehead atoms. The van der Waals surface area contributed by atoms with Crippen molar-refractivity contribution in [2.75, 3.05) is 21.3 Å². The van der Waals surface area contributed by atoms with Gasteiger partial charge in [-0.15, -0.1) is 0 Å². The first kappa shape index (κ1) is 24.8. The van der Waals surface area contributed by atoms with Crippen LogP contribution in [0.3, 0.4) is 0 Å². The molecule has 0 atom stereocenters. The summed E-state index contributed by atoms with van der Waals surface area (Å²) in [4.78, 5) is 13.5. The van der Waals surface area contributed by atoms with Crippen molar-refractivity contribution >= 4 is 23.3 Å². The van der Waals surface area contributed by atoms with Crippen LogP contribution in [-0.2, 0) is 4.79 Å². The van der Waals surface area contributed by atoms with Gasteiger partial charge < -0.3 is 19.2 Å². The Morgan fingerprint density at radius 2 is 1.40 bits per heavy atom. The van der Waals surface area contributed by atoms with Gasteiger partial charge in [-0.05, 0) is 24.3 Å². The number of benzene rings is 1. The zero-order chi connectivity index (χ0) is 19.8. The Morgan fingerprint density at radius 1 is 0.840 bits per heavy atom. The predicted molar refractivity (Wildman–Crippen MR) is 107 cm³/mol. The van der Waals surface area contributed by atoms with Crippen LogP contribution in [0.2, 0.25) is 0 Å². The topological polar surface area (TPSA) is 60.6 Å². The minimum Gasteiger partial charge on any atom is -0.493 e. The summed E-state index contributed by atoms with van der Waals surface area (Å²) in [6, 6.07) is 3.76. The summed E-state index contributed by atoms with van der Waals surface area (Å²) >= 11 is 0. The Hall–Kier alpha value is -2.43. The second-order valence-electron chi connectivity index (χ2n) is 3.83. The lowest BCUT2D eigenvalue weighted by Gasteiger charge is -2.12. The standard InChI is InChI=1S/C14H15NO4.3C2H6/c1-17-11-8-9-7-10(5-4-6-16)15-12(9)14(19-3)13(11)18-2;3*1-2/h4-8,15H,1-3H3;3*1-2H3/b5-4+;;;. The number of carbonyl (C=O) groups is 1. The van der Waals surface area contributed by atoms with Gasteiger partial charge in [-0.2, -0.15) is 0 Å². The molecule has 5 heteroatoms. The normalized spacial score (nSPS) is 9.00. The third-order valence-electron chi connectivity index (χ3n) is 2.80. The molecule has 0 saturated heterocycles. The maximum absolute atomic E-state index is 10.4. The van der Waals surface area contributed by atoms with E-state index in [1.54, 1.807) is 27.4 Å². The number of allylic oxidation sites excluding steroid dienone is 1. The molecular formula is C20H33NO4. The zero-order valence-electron chi connectivity index (χ0n) is 17.0. The number of carbonyl (C=O) groups excluding carboxylic acids is 1. The van der Waals surface area contributed by atoms with Gasteiger partial charge in [-0.25, -0.2) is 0 Å². The molecule has 0 fully saturated rings. The first-order chi connectivity index (χ1) is 12.2. The van der Waals surface area contributed by atoms with Gasteiger partial charge in [-0.3, -0.25) is 4.79 Å². The highest BCUT2D eigenvalue weighted by molar-refractivity contribution is 5.93. The van der Waals surface area contributed by atoms with Crippen LogP contribution in [0.1, 0.15) is 47.2 Å². The molecule has 0 aliphatic heterocycles. The van der Waals surface area contributed by atoms with Gasteiger partial charge in [-0.1, -0.05) is 41.5 Å². The molecule has 1 N–H and O–H groups in total. The second kappa shape index (κ2) is 15.1. The molecule has 0 unspecified atom stereocenters. The molecule has 0 spiro atoms. The minimum atomic E-state index is 0.533. The van der Waals surface area contributed by atoms with Gasteiger partial charge in [0.25, 0.3) is 0 Å². The second-order valence-corrected chi connectivity index (χ2v) is 3.83. The van der Waals surface area contributed by atoms with Crippen molar-refractivity contribution in [2.45, 2.75) is 41.5 Å². The Kier molecular flexibility index (Phi) is 15.0.